The summed E-state index contributed by atoms with van der Waals surface area (Å²) in [7, 11) is 0. The van der Waals surface area contributed by atoms with Gasteiger partial charge in [0.1, 0.15) is 0 Å². The van der Waals surface area contributed by atoms with Crippen LogP contribution in [0.3, 0.4) is 0 Å². The van der Waals surface area contributed by atoms with Crippen molar-refractivity contribution in [1.29, 1.82) is 0 Å². The summed E-state index contributed by atoms with van der Waals surface area (Å²) in [4.78, 5) is 32.3. The van der Waals surface area contributed by atoms with E-state index in [0.29, 0.717) is 35.9 Å². The first-order chi connectivity index (χ1) is 18.0. The van der Waals surface area contributed by atoms with Crippen LogP contribution in [0.1, 0.15) is 85.6 Å². The van der Waals surface area contributed by atoms with Gasteiger partial charge in [-0.15, -0.1) is 0 Å². The van der Waals surface area contributed by atoms with E-state index < -0.39 is 11.9 Å². The Morgan fingerprint density at radius 2 is 1.73 bits per heavy atom. The average molecular weight is 504 g/mol. The Bertz CT molecular complexity index is 1190. The Labute approximate surface area is 216 Å². The van der Waals surface area contributed by atoms with Crippen LogP contribution in [0, 0.1) is 11.3 Å². The van der Waals surface area contributed by atoms with Crippen molar-refractivity contribution in [1.82, 2.24) is 15.1 Å². The van der Waals surface area contributed by atoms with E-state index in [9.17, 15) is 9.59 Å². The lowest BCUT2D eigenvalue weighted by atomic mass is 9.61. The van der Waals surface area contributed by atoms with Gasteiger partial charge in [0.2, 0.25) is 0 Å². The van der Waals surface area contributed by atoms with Gasteiger partial charge >= 0.3 is 17.8 Å². The van der Waals surface area contributed by atoms with Gasteiger partial charge in [0.25, 0.3) is 5.95 Å². The molecule has 2 fully saturated rings. The van der Waals surface area contributed by atoms with Gasteiger partial charge in [0.15, 0.2) is 0 Å². The first kappa shape index (κ1) is 24.9. The lowest BCUT2D eigenvalue weighted by Gasteiger charge is -2.44. The second-order valence-corrected chi connectivity index (χ2v) is 10.5. The highest BCUT2D eigenvalue weighted by Crippen LogP contribution is 2.52. The molecule has 3 N–H and O–H groups in total. The van der Waals surface area contributed by atoms with Crippen LogP contribution in [0.5, 0.6) is 0 Å². The number of pyridine rings is 1. The lowest BCUT2D eigenvalue weighted by Crippen LogP contribution is -2.32. The number of nitrogens with zero attached hydrogens (tertiary/aromatic N) is 3. The molecule has 0 atom stereocenters. The van der Waals surface area contributed by atoms with Gasteiger partial charge in [-0.05, 0) is 85.6 Å². The van der Waals surface area contributed by atoms with E-state index in [4.69, 9.17) is 9.63 Å². The number of benzene rings is 1. The number of anilines is 2. The molecule has 0 bridgehead atoms. The monoisotopic (exact) mass is 503 g/mol. The van der Waals surface area contributed by atoms with Crippen molar-refractivity contribution in [2.45, 2.75) is 70.3 Å². The molecule has 0 saturated heterocycles. The molecule has 9 heteroatoms. The minimum absolute atomic E-state index is 0.115. The Balaban J connectivity index is 1.09. The topological polar surface area (TPSA) is 130 Å². The van der Waals surface area contributed by atoms with Crippen LogP contribution in [-0.4, -0.2) is 32.1 Å². The molecule has 37 heavy (non-hydrogen) atoms. The van der Waals surface area contributed by atoms with Crippen molar-refractivity contribution in [3.05, 3.63) is 65.8 Å². The van der Waals surface area contributed by atoms with Crippen LogP contribution in [-0.2, 0) is 11.3 Å². The number of aliphatic carboxylic acids is 1. The van der Waals surface area contributed by atoms with Crippen molar-refractivity contribution in [2.24, 2.45) is 11.3 Å². The minimum Gasteiger partial charge on any atom is -0.481 e. The number of carboxylic acids is 1. The number of carbonyl (C=O) groups excluding carboxylic acids is 1. The Morgan fingerprint density at radius 1 is 1.00 bits per heavy atom. The predicted molar refractivity (Wildman–Crippen MR) is 138 cm³/mol. The van der Waals surface area contributed by atoms with Crippen LogP contribution >= 0.6 is 0 Å². The minimum atomic E-state index is -0.673. The quantitative estimate of drug-likeness (QED) is 0.360. The highest BCUT2D eigenvalue weighted by Gasteiger charge is 2.39. The number of carbonyl (C=O) groups is 2. The molecule has 0 radical (unpaired) electrons. The van der Waals surface area contributed by atoms with E-state index >= 15 is 0 Å². The van der Waals surface area contributed by atoms with Crippen molar-refractivity contribution >= 4 is 23.5 Å². The maximum atomic E-state index is 12.5. The van der Waals surface area contributed by atoms with Gasteiger partial charge in [-0.3, -0.25) is 14.6 Å². The fourth-order valence-electron chi connectivity index (χ4n) is 5.84. The van der Waals surface area contributed by atoms with Crippen molar-refractivity contribution in [2.75, 3.05) is 10.6 Å². The third-order valence-corrected chi connectivity index (χ3v) is 8.05. The summed E-state index contributed by atoms with van der Waals surface area (Å²) >= 11 is 0. The first-order valence-electron chi connectivity index (χ1n) is 13.1. The van der Waals surface area contributed by atoms with Crippen LogP contribution in [0.15, 0.2) is 53.2 Å². The summed E-state index contributed by atoms with van der Waals surface area (Å²) < 4.78 is 5.10. The normalized spacial score (nSPS) is 23.5. The third kappa shape index (κ3) is 6.34. The molecule has 194 valence electrons. The molecule has 2 saturated carbocycles. The van der Waals surface area contributed by atoms with Gasteiger partial charge in [0, 0.05) is 24.6 Å². The van der Waals surface area contributed by atoms with Gasteiger partial charge in [-0.1, -0.05) is 30.3 Å². The zero-order valence-corrected chi connectivity index (χ0v) is 20.9. The predicted octanol–water partition coefficient (Wildman–Crippen LogP) is 5.64. The molecule has 2 aliphatic carbocycles. The van der Waals surface area contributed by atoms with E-state index in [2.05, 4.69) is 25.8 Å². The summed E-state index contributed by atoms with van der Waals surface area (Å²) in [6.07, 6.45) is 10.9. The zero-order chi connectivity index (χ0) is 25.7. The number of rotatable bonds is 8. The summed E-state index contributed by atoms with van der Waals surface area (Å²) in [6, 6.07) is 13.7. The molecule has 1 amide bonds. The van der Waals surface area contributed by atoms with Crippen LogP contribution < -0.4 is 10.6 Å². The molecule has 0 unspecified atom stereocenters. The van der Waals surface area contributed by atoms with E-state index in [1.165, 1.54) is 12.8 Å². The maximum Gasteiger partial charge on any atom is 0.317 e. The molecule has 5 rings (SSSR count). The van der Waals surface area contributed by atoms with Crippen LogP contribution in [0.4, 0.5) is 11.6 Å². The number of hydrogen-bond acceptors (Lipinski definition) is 7. The second-order valence-electron chi connectivity index (χ2n) is 10.5. The van der Waals surface area contributed by atoms with Crippen molar-refractivity contribution in [3.63, 3.8) is 0 Å². The molecule has 1 aromatic carbocycles. The van der Waals surface area contributed by atoms with E-state index in [-0.39, 0.29) is 11.8 Å². The summed E-state index contributed by atoms with van der Waals surface area (Å²) in [6.45, 7) is 0.528. The molecule has 2 heterocycles. The second kappa shape index (κ2) is 11.1. The molecule has 2 aromatic heterocycles. The molecular weight excluding hydrogens is 470 g/mol. The number of carboxylic acid groups (broad SMARTS) is 1. The molecule has 3 aromatic rings. The van der Waals surface area contributed by atoms with Crippen LogP contribution in [0.2, 0.25) is 0 Å². The Hall–Kier alpha value is -3.75. The molecule has 0 aliphatic heterocycles. The Morgan fingerprint density at radius 3 is 2.41 bits per heavy atom. The molecule has 2 aliphatic rings. The third-order valence-electron chi connectivity index (χ3n) is 8.05. The average Bonchev–Trinajstić information content (AvgIpc) is 3.40. The van der Waals surface area contributed by atoms with Crippen molar-refractivity contribution in [3.8, 4) is 0 Å². The fourth-order valence-corrected chi connectivity index (χ4v) is 5.84. The van der Waals surface area contributed by atoms with Crippen LogP contribution in [0.25, 0.3) is 0 Å². The largest absolute Gasteiger partial charge is 0.481 e. The van der Waals surface area contributed by atoms with Gasteiger partial charge < -0.3 is 20.3 Å². The summed E-state index contributed by atoms with van der Waals surface area (Å²) in [5.41, 5.74) is 3.09. The van der Waals surface area contributed by atoms with E-state index in [1.54, 1.807) is 6.20 Å². The van der Waals surface area contributed by atoms with Crippen molar-refractivity contribution < 1.29 is 19.2 Å². The number of amides is 1. The number of hydrogen-bond donors (Lipinski definition) is 3. The van der Waals surface area contributed by atoms with Gasteiger partial charge in [-0.25, -0.2) is 0 Å². The standard InChI is InChI=1S/C28H33N5O4/c34-24(35)16-19-8-12-28(13-9-19)14-10-21(11-15-28)23-7-6-22(18-29-23)31-25(36)26-32-27(33-37-26)30-17-20-4-2-1-3-5-20/h1-7,18-19,21H,8-17H2,(H,30,33)(H,31,36)(H,34,35). The number of nitrogens with one attached hydrogen (secondary N) is 2. The molecular formula is C28H33N5O4. The van der Waals surface area contributed by atoms with Gasteiger partial charge in [0.05, 0.1) is 11.9 Å². The SMILES string of the molecule is O=C(O)CC1CCC2(CC1)CCC(c1ccc(NC(=O)c3nc(NCc4ccccc4)no3)cn1)CC2. The van der Waals surface area contributed by atoms with E-state index in [1.807, 2.05) is 42.5 Å². The smallest absolute Gasteiger partial charge is 0.317 e. The maximum absolute atomic E-state index is 12.5. The summed E-state index contributed by atoms with van der Waals surface area (Å²) in [5, 5.41) is 18.7. The van der Waals surface area contributed by atoms with E-state index in [0.717, 1.165) is 49.8 Å². The fraction of sp³-hybridized carbons (Fsp3) is 0.464. The number of aromatic nitrogens is 3. The molecule has 9 nitrogen and oxygen atoms in total. The highest BCUT2D eigenvalue weighted by molar-refractivity contribution is 6.00. The first-order valence-corrected chi connectivity index (χ1v) is 13.1. The highest BCUT2D eigenvalue weighted by atomic mass is 16.5. The molecule has 1 spiro atoms. The zero-order valence-electron chi connectivity index (χ0n) is 20.9. The Kier molecular flexibility index (Phi) is 7.48. The van der Waals surface area contributed by atoms with Gasteiger partial charge in [-0.2, -0.15) is 4.98 Å². The lowest BCUT2D eigenvalue weighted by molar-refractivity contribution is -0.138. The summed E-state index contributed by atoms with van der Waals surface area (Å²) in [5.74, 6) is -0.250.